The van der Waals surface area contributed by atoms with Crippen LogP contribution in [0.4, 0.5) is 5.69 Å². The molecule has 4 heteroatoms. The Morgan fingerprint density at radius 1 is 1.15 bits per heavy atom. The van der Waals surface area contributed by atoms with Gasteiger partial charge in [0.25, 0.3) is 0 Å². The molecule has 1 aromatic carbocycles. The Hall–Kier alpha value is -1.58. The van der Waals surface area contributed by atoms with E-state index in [-0.39, 0.29) is 12.1 Å². The summed E-state index contributed by atoms with van der Waals surface area (Å²) in [5, 5.41) is 0.784. The summed E-state index contributed by atoms with van der Waals surface area (Å²) in [5.74, 6) is 0. The van der Waals surface area contributed by atoms with Crippen molar-refractivity contribution in [2.45, 2.75) is 25.9 Å². The van der Waals surface area contributed by atoms with Gasteiger partial charge in [-0.2, -0.15) is 0 Å². The van der Waals surface area contributed by atoms with Crippen LogP contribution in [0.5, 0.6) is 0 Å². The minimum atomic E-state index is -0.0460. The van der Waals surface area contributed by atoms with Crippen LogP contribution in [0.15, 0.2) is 42.6 Å². The highest BCUT2D eigenvalue weighted by atomic mass is 35.5. The number of hydrogen-bond donors (Lipinski definition) is 1. The van der Waals surface area contributed by atoms with Gasteiger partial charge in [-0.25, -0.2) is 0 Å². The minimum Gasteiger partial charge on any atom is -0.367 e. The summed E-state index contributed by atoms with van der Waals surface area (Å²) in [4.78, 5) is 6.55. The molecule has 0 spiro atoms. The second-order valence-electron chi connectivity index (χ2n) is 5.04. The zero-order valence-corrected chi connectivity index (χ0v) is 12.8. The van der Waals surface area contributed by atoms with Crippen LogP contribution in [0.1, 0.15) is 37.2 Å². The monoisotopic (exact) mass is 289 g/mol. The fraction of sp³-hybridized carbons (Fsp3) is 0.312. The SMILES string of the molecule is CC(c1ccccc1Cl)N(C)c1ccc([C@H](C)N)nc1. The first-order valence-corrected chi connectivity index (χ1v) is 7.07. The molecule has 1 aromatic heterocycles. The highest BCUT2D eigenvalue weighted by molar-refractivity contribution is 6.31. The first kappa shape index (κ1) is 14.8. The van der Waals surface area contributed by atoms with Gasteiger partial charge in [0, 0.05) is 18.1 Å². The van der Waals surface area contributed by atoms with E-state index in [0.29, 0.717) is 0 Å². The van der Waals surface area contributed by atoms with Crippen molar-refractivity contribution in [1.82, 2.24) is 4.98 Å². The molecule has 2 aromatic rings. The van der Waals surface area contributed by atoms with Gasteiger partial charge in [-0.1, -0.05) is 29.8 Å². The van der Waals surface area contributed by atoms with Crippen LogP contribution in [0, 0.1) is 0 Å². The Morgan fingerprint density at radius 2 is 1.85 bits per heavy atom. The molecule has 0 saturated carbocycles. The Morgan fingerprint density at radius 3 is 2.40 bits per heavy atom. The predicted molar refractivity (Wildman–Crippen MR) is 85.1 cm³/mol. The maximum Gasteiger partial charge on any atom is 0.0569 e. The predicted octanol–water partition coefficient (Wildman–Crippen LogP) is 3.95. The van der Waals surface area contributed by atoms with E-state index in [4.69, 9.17) is 17.3 Å². The number of anilines is 1. The van der Waals surface area contributed by atoms with Gasteiger partial charge in [-0.3, -0.25) is 4.98 Å². The van der Waals surface area contributed by atoms with Crippen LogP contribution < -0.4 is 10.6 Å². The molecule has 0 saturated heterocycles. The molecule has 0 bridgehead atoms. The largest absolute Gasteiger partial charge is 0.367 e. The summed E-state index contributed by atoms with van der Waals surface area (Å²) in [6.45, 7) is 4.05. The van der Waals surface area contributed by atoms with Crippen LogP contribution in [-0.4, -0.2) is 12.0 Å². The van der Waals surface area contributed by atoms with Crippen LogP contribution in [0.3, 0.4) is 0 Å². The number of halogens is 1. The average molecular weight is 290 g/mol. The summed E-state index contributed by atoms with van der Waals surface area (Å²) in [6, 6.07) is 12.0. The molecule has 1 unspecified atom stereocenters. The van der Waals surface area contributed by atoms with Crippen LogP contribution >= 0.6 is 11.6 Å². The number of aromatic nitrogens is 1. The summed E-state index contributed by atoms with van der Waals surface area (Å²) in [7, 11) is 2.04. The maximum atomic E-state index is 6.26. The van der Waals surface area contributed by atoms with E-state index in [9.17, 15) is 0 Å². The van der Waals surface area contributed by atoms with Gasteiger partial charge in [-0.15, -0.1) is 0 Å². The number of hydrogen-bond acceptors (Lipinski definition) is 3. The number of nitrogens with two attached hydrogens (primary N) is 1. The van der Waals surface area contributed by atoms with E-state index in [0.717, 1.165) is 22.0 Å². The van der Waals surface area contributed by atoms with Crippen molar-refractivity contribution in [3.05, 3.63) is 58.9 Å². The third kappa shape index (κ3) is 3.11. The third-order valence-corrected chi connectivity index (χ3v) is 3.93. The smallest absolute Gasteiger partial charge is 0.0569 e. The zero-order valence-electron chi connectivity index (χ0n) is 12.0. The van der Waals surface area contributed by atoms with Gasteiger partial charge in [0.05, 0.1) is 23.6 Å². The molecular weight excluding hydrogens is 270 g/mol. The van der Waals surface area contributed by atoms with Crippen molar-refractivity contribution in [3.63, 3.8) is 0 Å². The maximum absolute atomic E-state index is 6.26. The number of pyridine rings is 1. The highest BCUT2D eigenvalue weighted by Gasteiger charge is 2.15. The van der Waals surface area contributed by atoms with E-state index in [2.05, 4.69) is 16.8 Å². The van der Waals surface area contributed by atoms with Crippen molar-refractivity contribution < 1.29 is 0 Å². The van der Waals surface area contributed by atoms with Crippen LogP contribution in [-0.2, 0) is 0 Å². The molecule has 0 fully saturated rings. The van der Waals surface area contributed by atoms with E-state index >= 15 is 0 Å². The molecule has 2 N–H and O–H groups in total. The summed E-state index contributed by atoms with van der Waals surface area (Å²) < 4.78 is 0. The number of benzene rings is 1. The van der Waals surface area contributed by atoms with Crippen LogP contribution in [0.25, 0.3) is 0 Å². The molecule has 0 aliphatic rings. The topological polar surface area (TPSA) is 42.1 Å². The Balaban J connectivity index is 2.22. The highest BCUT2D eigenvalue weighted by Crippen LogP contribution is 2.29. The van der Waals surface area contributed by atoms with Gasteiger partial charge in [0.15, 0.2) is 0 Å². The lowest BCUT2D eigenvalue weighted by atomic mass is 10.1. The fourth-order valence-electron chi connectivity index (χ4n) is 2.12. The van der Waals surface area contributed by atoms with Crippen molar-refractivity contribution in [2.24, 2.45) is 5.73 Å². The minimum absolute atomic E-state index is 0.0460. The lowest BCUT2D eigenvalue weighted by molar-refractivity contribution is 0.733. The number of rotatable bonds is 4. The van der Waals surface area contributed by atoms with E-state index in [1.165, 1.54) is 0 Å². The Kier molecular flexibility index (Phi) is 4.63. The molecule has 106 valence electrons. The first-order chi connectivity index (χ1) is 9.50. The molecule has 2 rings (SSSR count). The summed E-state index contributed by atoms with van der Waals surface area (Å²) in [5.41, 5.74) is 8.86. The van der Waals surface area contributed by atoms with Gasteiger partial charge in [0.2, 0.25) is 0 Å². The van der Waals surface area contributed by atoms with Crippen LogP contribution in [0.2, 0.25) is 5.02 Å². The molecule has 20 heavy (non-hydrogen) atoms. The third-order valence-electron chi connectivity index (χ3n) is 3.58. The number of nitrogens with zero attached hydrogens (tertiary/aromatic N) is 2. The molecule has 0 aliphatic carbocycles. The van der Waals surface area contributed by atoms with Gasteiger partial charge < -0.3 is 10.6 Å². The van der Waals surface area contributed by atoms with E-state index < -0.39 is 0 Å². The molecule has 0 radical (unpaired) electrons. The summed E-state index contributed by atoms with van der Waals surface area (Å²) >= 11 is 6.26. The van der Waals surface area contributed by atoms with E-state index in [1.54, 1.807) is 0 Å². The zero-order chi connectivity index (χ0) is 14.7. The molecule has 1 heterocycles. The van der Waals surface area contributed by atoms with Gasteiger partial charge in [0.1, 0.15) is 0 Å². The van der Waals surface area contributed by atoms with Crippen molar-refractivity contribution in [2.75, 3.05) is 11.9 Å². The second-order valence-corrected chi connectivity index (χ2v) is 5.45. The van der Waals surface area contributed by atoms with E-state index in [1.807, 2.05) is 56.6 Å². The average Bonchev–Trinajstić information content (AvgIpc) is 2.46. The van der Waals surface area contributed by atoms with Crippen molar-refractivity contribution >= 4 is 17.3 Å². The summed E-state index contributed by atoms with van der Waals surface area (Å²) in [6.07, 6.45) is 1.85. The molecule has 3 nitrogen and oxygen atoms in total. The van der Waals surface area contributed by atoms with Gasteiger partial charge >= 0.3 is 0 Å². The standard InChI is InChI=1S/C16H20ClN3/c1-11(18)16-9-8-13(10-19-16)20(3)12(2)14-6-4-5-7-15(14)17/h4-12H,18H2,1-3H3/t11-,12?/m0/s1. The fourth-order valence-corrected chi connectivity index (χ4v) is 2.42. The molecule has 0 aliphatic heterocycles. The first-order valence-electron chi connectivity index (χ1n) is 6.69. The quantitative estimate of drug-likeness (QED) is 0.926. The molecular formula is C16H20ClN3. The van der Waals surface area contributed by atoms with Gasteiger partial charge in [-0.05, 0) is 37.6 Å². The molecule has 2 atom stereocenters. The molecule has 0 amide bonds. The van der Waals surface area contributed by atoms with Crippen molar-refractivity contribution in [1.29, 1.82) is 0 Å². The Bertz CT molecular complexity index is 566. The Labute approximate surface area is 125 Å². The second kappa shape index (κ2) is 6.25. The normalized spacial score (nSPS) is 13.8. The van der Waals surface area contributed by atoms with Crippen molar-refractivity contribution in [3.8, 4) is 0 Å². The lowest BCUT2D eigenvalue weighted by Crippen LogP contribution is -2.22. The lowest BCUT2D eigenvalue weighted by Gasteiger charge is -2.28.